The van der Waals surface area contributed by atoms with E-state index in [0.717, 1.165) is 34.5 Å². The number of pyridine rings is 1. The van der Waals surface area contributed by atoms with Crippen LogP contribution in [0.15, 0.2) is 60.8 Å². The fourth-order valence-electron chi connectivity index (χ4n) is 9.63. The fraction of sp³-hybridized carbons (Fsp3) is 0.568. The Morgan fingerprint density at radius 1 is 1.09 bits per heavy atom. The van der Waals surface area contributed by atoms with Crippen LogP contribution in [0, 0.1) is 29.1 Å². The van der Waals surface area contributed by atoms with Crippen molar-refractivity contribution in [2.45, 2.75) is 83.8 Å². The van der Waals surface area contributed by atoms with Crippen molar-refractivity contribution in [3.05, 3.63) is 77.6 Å². The Labute approximate surface area is 332 Å². The largest absolute Gasteiger partial charge is 0.496 e. The third-order valence-corrected chi connectivity index (χ3v) is 12.8. The summed E-state index contributed by atoms with van der Waals surface area (Å²) >= 11 is 0. The Hall–Kier alpha value is -4.07. The first-order valence-electron chi connectivity index (χ1n) is 20.0. The highest BCUT2D eigenvalue weighted by Crippen LogP contribution is 2.61. The summed E-state index contributed by atoms with van der Waals surface area (Å²) in [6.07, 6.45) is 2.81. The zero-order valence-electron chi connectivity index (χ0n) is 34.5. The molecule has 4 aliphatic rings. The van der Waals surface area contributed by atoms with Crippen LogP contribution in [0.4, 0.5) is 5.69 Å². The van der Waals surface area contributed by atoms with Gasteiger partial charge in [0.2, 0.25) is 5.91 Å². The van der Waals surface area contributed by atoms with Crippen LogP contribution < -0.4 is 20.3 Å². The van der Waals surface area contributed by atoms with Crippen molar-refractivity contribution < 1.29 is 29.4 Å². The molecule has 1 unspecified atom stereocenters. The molecule has 2 bridgehead atoms. The van der Waals surface area contributed by atoms with Crippen molar-refractivity contribution in [2.24, 2.45) is 29.1 Å². The van der Waals surface area contributed by atoms with E-state index < -0.39 is 24.2 Å². The van der Waals surface area contributed by atoms with Crippen LogP contribution in [0.3, 0.4) is 0 Å². The van der Waals surface area contributed by atoms with Gasteiger partial charge in [0, 0.05) is 79.3 Å². The van der Waals surface area contributed by atoms with Crippen LogP contribution >= 0.6 is 0 Å². The van der Waals surface area contributed by atoms with Crippen molar-refractivity contribution >= 4 is 17.5 Å². The summed E-state index contributed by atoms with van der Waals surface area (Å²) in [5.41, 5.74) is 4.84. The quantitative estimate of drug-likeness (QED) is 0.176. The number of methoxy groups -OCH3 is 1. The number of ether oxygens (including phenoxy) is 1. The standard InChI is InChI=1S/C44H62N6O6/c1-26-36-20-31(44(36,3)4)21-37(26)47-43(54)40-39(27(2)52)38(25-51)56-50(40)23-28-13-12-15-35(41(28)55-9)29-17-30(19-34(18-29)49(7)8)42(53)46-33(24-48(5)6)22-32-14-10-11-16-45-32/h10-19,26-27,31,33,36-40,51-52H,20-25H2,1-9H3,(H,46,53)(H,47,54)/t26-,27-,31+,33?,36-,37-,38-,39+,40-/m0/s1. The topological polar surface area (TPSA) is 140 Å². The lowest BCUT2D eigenvalue weighted by molar-refractivity contribution is -0.183. The molecular formula is C44H62N6O6. The van der Waals surface area contributed by atoms with E-state index >= 15 is 0 Å². The molecule has 1 aromatic heterocycles. The first-order chi connectivity index (χ1) is 26.6. The maximum absolute atomic E-state index is 14.3. The number of rotatable bonds is 15. The lowest BCUT2D eigenvalue weighted by Crippen LogP contribution is -2.62. The van der Waals surface area contributed by atoms with Crippen LogP contribution in [-0.4, -0.2) is 116 Å². The van der Waals surface area contributed by atoms with E-state index in [9.17, 15) is 19.8 Å². The van der Waals surface area contributed by atoms with Gasteiger partial charge in [-0.3, -0.25) is 19.4 Å². The Kier molecular flexibility index (Phi) is 12.8. The Balaban J connectivity index is 1.28. The summed E-state index contributed by atoms with van der Waals surface area (Å²) in [6.45, 7) is 9.01. The predicted octanol–water partition coefficient (Wildman–Crippen LogP) is 4.39. The Morgan fingerprint density at radius 2 is 1.86 bits per heavy atom. The number of likely N-dealkylation sites (N-methyl/N-ethyl adjacent to an activating group) is 1. The van der Waals surface area contributed by atoms with Crippen LogP contribution in [0.5, 0.6) is 5.75 Å². The summed E-state index contributed by atoms with van der Waals surface area (Å²) in [5, 5.41) is 29.6. The Bertz CT molecular complexity index is 1840. The number of nitrogens with zero attached hydrogens (tertiary/aromatic N) is 4. The number of aliphatic hydroxyl groups excluding tert-OH is 2. The van der Waals surface area contributed by atoms with Gasteiger partial charge in [-0.25, -0.2) is 0 Å². The first-order valence-corrected chi connectivity index (χ1v) is 20.0. The number of carbonyl (C=O) groups is 2. The second-order valence-corrected chi connectivity index (χ2v) is 17.4. The van der Waals surface area contributed by atoms with E-state index in [2.05, 4.69) is 41.3 Å². The number of anilines is 1. The smallest absolute Gasteiger partial charge is 0.251 e. The third kappa shape index (κ3) is 8.60. The molecule has 2 aromatic carbocycles. The second-order valence-electron chi connectivity index (χ2n) is 17.4. The fourth-order valence-corrected chi connectivity index (χ4v) is 9.63. The summed E-state index contributed by atoms with van der Waals surface area (Å²) in [5.74, 6) is 0.972. The van der Waals surface area contributed by atoms with Gasteiger partial charge in [0.1, 0.15) is 17.9 Å². The number of aromatic nitrogens is 1. The molecule has 4 N–H and O–H groups in total. The predicted molar refractivity (Wildman–Crippen MR) is 218 cm³/mol. The minimum absolute atomic E-state index is 0.0327. The van der Waals surface area contributed by atoms with Crippen LogP contribution in [0.25, 0.3) is 11.1 Å². The highest BCUT2D eigenvalue weighted by molar-refractivity contribution is 5.97. The maximum Gasteiger partial charge on any atom is 0.251 e. The van der Waals surface area contributed by atoms with E-state index in [0.29, 0.717) is 42.0 Å². The van der Waals surface area contributed by atoms with Gasteiger partial charge in [-0.1, -0.05) is 45.0 Å². The number of carbonyl (C=O) groups excluding carboxylic acids is 2. The number of nitrogens with one attached hydrogen (secondary N) is 2. The van der Waals surface area contributed by atoms with Crippen LogP contribution in [0.2, 0.25) is 0 Å². The van der Waals surface area contributed by atoms with Gasteiger partial charge in [-0.15, -0.1) is 0 Å². The minimum atomic E-state index is -0.906. The number of aliphatic hydroxyl groups is 2. The third-order valence-electron chi connectivity index (χ3n) is 12.8. The van der Waals surface area contributed by atoms with Gasteiger partial charge < -0.3 is 35.4 Å². The van der Waals surface area contributed by atoms with Gasteiger partial charge in [0.15, 0.2) is 0 Å². The van der Waals surface area contributed by atoms with Crippen LogP contribution in [0.1, 0.15) is 62.2 Å². The highest BCUT2D eigenvalue weighted by atomic mass is 16.7. The van der Waals surface area contributed by atoms with Gasteiger partial charge in [0.05, 0.1) is 26.4 Å². The lowest BCUT2D eigenvalue weighted by atomic mass is 9.45. The molecule has 304 valence electrons. The Morgan fingerprint density at radius 3 is 2.46 bits per heavy atom. The molecule has 12 heteroatoms. The van der Waals surface area contributed by atoms with Crippen molar-refractivity contribution in [2.75, 3.05) is 53.4 Å². The number of amides is 2. The number of hydrogen-bond acceptors (Lipinski definition) is 10. The molecule has 9 atom stereocenters. The highest BCUT2D eigenvalue weighted by Gasteiger charge is 2.57. The molecule has 3 aromatic rings. The van der Waals surface area contributed by atoms with Gasteiger partial charge in [-0.2, -0.15) is 5.06 Å². The molecule has 0 spiro atoms. The minimum Gasteiger partial charge on any atom is -0.496 e. The molecule has 4 fully saturated rings. The van der Waals surface area contributed by atoms with Gasteiger partial charge >= 0.3 is 0 Å². The van der Waals surface area contributed by atoms with Crippen LogP contribution in [-0.2, 0) is 22.6 Å². The first kappa shape index (κ1) is 41.6. The zero-order valence-corrected chi connectivity index (χ0v) is 34.5. The molecule has 2 amide bonds. The summed E-state index contributed by atoms with van der Waals surface area (Å²) in [4.78, 5) is 43.1. The van der Waals surface area contributed by atoms with Crippen molar-refractivity contribution in [3.8, 4) is 16.9 Å². The maximum atomic E-state index is 14.3. The average molecular weight is 771 g/mol. The van der Waals surface area contributed by atoms with Gasteiger partial charge in [0.25, 0.3) is 5.91 Å². The molecule has 1 saturated heterocycles. The van der Waals surface area contributed by atoms with Crippen molar-refractivity contribution in [1.29, 1.82) is 0 Å². The van der Waals surface area contributed by atoms with E-state index in [1.807, 2.05) is 87.7 Å². The van der Waals surface area contributed by atoms with Crippen molar-refractivity contribution in [3.63, 3.8) is 0 Å². The molecule has 3 aliphatic carbocycles. The second kappa shape index (κ2) is 17.2. The molecular weight excluding hydrogens is 709 g/mol. The van der Waals surface area contributed by atoms with E-state index in [4.69, 9.17) is 9.57 Å². The number of hydroxylamine groups is 2. The molecule has 2 heterocycles. The lowest BCUT2D eigenvalue weighted by Gasteiger charge is -2.62. The number of fused-ring (bicyclic) bond motifs is 2. The summed E-state index contributed by atoms with van der Waals surface area (Å²) in [6, 6.07) is 16.4. The molecule has 56 heavy (non-hydrogen) atoms. The van der Waals surface area contributed by atoms with Crippen molar-refractivity contribution in [1.82, 2.24) is 25.6 Å². The molecule has 3 saturated carbocycles. The van der Waals surface area contributed by atoms with Gasteiger partial charge in [-0.05, 0) is 92.9 Å². The van der Waals surface area contributed by atoms with E-state index in [-0.39, 0.29) is 42.5 Å². The molecule has 1 aliphatic heterocycles. The van der Waals surface area contributed by atoms with E-state index in [1.165, 1.54) is 6.42 Å². The normalized spacial score (nSPS) is 26.6. The zero-order chi connectivity index (χ0) is 40.5. The van der Waals surface area contributed by atoms with E-state index in [1.54, 1.807) is 25.3 Å². The molecule has 7 rings (SSSR count). The average Bonchev–Trinajstić information content (AvgIpc) is 3.53. The number of benzene rings is 2. The summed E-state index contributed by atoms with van der Waals surface area (Å²) < 4.78 is 6.10. The monoisotopic (exact) mass is 770 g/mol. The SMILES string of the molecule is COc1c(CN2O[C@@H](CO)[C@@H]([C@H](C)O)[C@H]2C(=O)N[C@H]2C[C@H]3C[C@@H]([C@@H]2C)C3(C)C)cccc1-c1cc(C(=O)NC(Cc2ccccn2)CN(C)C)cc(N(C)C)c1. The number of hydrogen-bond donors (Lipinski definition) is 4. The number of para-hydroxylation sites is 1. The molecule has 12 nitrogen and oxygen atoms in total. The summed E-state index contributed by atoms with van der Waals surface area (Å²) in [7, 11) is 9.45. The molecule has 0 radical (unpaired) electrons.